The van der Waals surface area contributed by atoms with Crippen LogP contribution in [0.3, 0.4) is 0 Å². The number of amides is 1. The van der Waals surface area contributed by atoms with Gasteiger partial charge in [0.2, 0.25) is 0 Å². The molecule has 7 heteroatoms. The van der Waals surface area contributed by atoms with Gasteiger partial charge in [-0.3, -0.25) is 4.79 Å². The minimum Gasteiger partial charge on any atom is -0.443 e. The van der Waals surface area contributed by atoms with Crippen LogP contribution < -0.4 is 0 Å². The molecule has 6 nitrogen and oxygen atoms in total. The van der Waals surface area contributed by atoms with Gasteiger partial charge >= 0.3 is 6.09 Å². The van der Waals surface area contributed by atoms with Crippen LogP contribution in [-0.2, 0) is 28.7 Å². The van der Waals surface area contributed by atoms with E-state index < -0.39 is 11.0 Å². The third-order valence-electron chi connectivity index (χ3n) is 7.05. The normalized spacial score (nSPS) is 21.9. The number of fused-ring (bicyclic) bond motifs is 1. The van der Waals surface area contributed by atoms with Gasteiger partial charge in [0.1, 0.15) is 5.60 Å². The van der Waals surface area contributed by atoms with Crippen molar-refractivity contribution in [1.29, 1.82) is 0 Å². The van der Waals surface area contributed by atoms with Gasteiger partial charge in [-0.1, -0.05) is 12.1 Å². The van der Waals surface area contributed by atoms with Gasteiger partial charge in [-0.15, -0.1) is 0 Å². The highest BCUT2D eigenvalue weighted by Gasteiger charge is 2.43. The largest absolute Gasteiger partial charge is 0.443 e. The molecule has 3 aliphatic rings. The van der Waals surface area contributed by atoms with Gasteiger partial charge in [0.15, 0.2) is 5.78 Å². The molecule has 31 heavy (non-hydrogen) atoms. The maximum atomic E-state index is 12.7. The second-order valence-electron chi connectivity index (χ2n) is 9.58. The van der Waals surface area contributed by atoms with Gasteiger partial charge in [-0.25, -0.2) is 13.3 Å². The number of benzene rings is 1. The standard InChI is InChI=1S/C24H34N2O4S/c1-24(11-12-24)30-23(28)25-13-8-18(9-14-25)4-3-5-22(27)20-6-7-21-17-26(31(2)29)15-10-19(21)16-20/h6-7,16,18H,3-5,8-15,17H2,1-2H3. The summed E-state index contributed by atoms with van der Waals surface area (Å²) in [6, 6.07) is 5.99. The lowest BCUT2D eigenvalue weighted by molar-refractivity contribution is 0.0484. The zero-order valence-corrected chi connectivity index (χ0v) is 19.5. The molecule has 1 aromatic rings. The fourth-order valence-electron chi connectivity index (χ4n) is 4.57. The second kappa shape index (κ2) is 9.41. The summed E-state index contributed by atoms with van der Waals surface area (Å²) >= 11 is 0. The van der Waals surface area contributed by atoms with Crippen LogP contribution in [0.15, 0.2) is 18.2 Å². The summed E-state index contributed by atoms with van der Waals surface area (Å²) in [4.78, 5) is 26.8. The average molecular weight is 447 g/mol. The Morgan fingerprint density at radius 1 is 1.16 bits per heavy atom. The molecule has 1 saturated carbocycles. The first-order chi connectivity index (χ1) is 14.8. The van der Waals surface area contributed by atoms with Crippen LogP contribution in [0.1, 0.15) is 73.4 Å². The zero-order chi connectivity index (χ0) is 22.0. The number of piperidine rings is 1. The summed E-state index contributed by atoms with van der Waals surface area (Å²) in [5, 5.41) is 0. The summed E-state index contributed by atoms with van der Waals surface area (Å²) in [7, 11) is -0.950. The van der Waals surface area contributed by atoms with E-state index in [1.807, 2.05) is 34.3 Å². The second-order valence-corrected chi connectivity index (χ2v) is 10.9. The summed E-state index contributed by atoms with van der Waals surface area (Å²) in [5.41, 5.74) is 2.99. The summed E-state index contributed by atoms with van der Waals surface area (Å²) in [6.45, 7) is 4.99. The molecule has 1 saturated heterocycles. The van der Waals surface area contributed by atoms with Crippen molar-refractivity contribution in [3.8, 4) is 0 Å². The average Bonchev–Trinajstić information content (AvgIpc) is 3.49. The van der Waals surface area contributed by atoms with Gasteiger partial charge in [-0.2, -0.15) is 0 Å². The van der Waals surface area contributed by atoms with E-state index in [1.165, 1.54) is 11.1 Å². The first kappa shape index (κ1) is 22.5. The van der Waals surface area contributed by atoms with Crippen LogP contribution in [0.2, 0.25) is 0 Å². The number of Topliss-reactive ketones (excluding diaryl/α,β-unsaturated/α-hetero) is 1. The van der Waals surface area contributed by atoms with Crippen LogP contribution in [0.4, 0.5) is 4.79 Å². The van der Waals surface area contributed by atoms with Gasteiger partial charge in [0.05, 0.1) is 11.0 Å². The van der Waals surface area contributed by atoms with E-state index in [0.29, 0.717) is 18.9 Å². The Hall–Kier alpha value is -1.73. The highest BCUT2D eigenvalue weighted by atomic mass is 32.2. The molecule has 1 aromatic carbocycles. The summed E-state index contributed by atoms with van der Waals surface area (Å²) < 4.78 is 19.2. The topological polar surface area (TPSA) is 66.9 Å². The third kappa shape index (κ3) is 5.75. The number of carbonyl (C=O) groups is 2. The first-order valence-electron chi connectivity index (χ1n) is 11.5. The molecule has 0 spiro atoms. The Labute approximate surface area is 187 Å². The molecule has 4 rings (SSSR count). The van der Waals surface area contributed by atoms with Crippen LogP contribution in [0, 0.1) is 5.92 Å². The van der Waals surface area contributed by atoms with E-state index in [4.69, 9.17) is 4.74 Å². The van der Waals surface area contributed by atoms with E-state index in [2.05, 4.69) is 0 Å². The fourth-order valence-corrected chi connectivity index (χ4v) is 5.24. The molecule has 0 radical (unpaired) electrons. The van der Waals surface area contributed by atoms with Crippen molar-refractivity contribution in [2.75, 3.05) is 25.9 Å². The highest BCUT2D eigenvalue weighted by Crippen LogP contribution is 2.39. The predicted octanol–water partition coefficient (Wildman–Crippen LogP) is 4.09. The van der Waals surface area contributed by atoms with Crippen LogP contribution in [0.5, 0.6) is 0 Å². The lowest BCUT2D eigenvalue weighted by atomic mass is 9.90. The minimum absolute atomic E-state index is 0.158. The van der Waals surface area contributed by atoms with E-state index in [9.17, 15) is 13.8 Å². The summed E-state index contributed by atoms with van der Waals surface area (Å²) in [5.74, 6) is 0.792. The van der Waals surface area contributed by atoms with Crippen molar-refractivity contribution in [2.24, 2.45) is 5.92 Å². The molecule has 1 amide bonds. The lowest BCUT2D eigenvalue weighted by Gasteiger charge is -2.32. The van der Waals surface area contributed by atoms with Crippen molar-refractivity contribution in [2.45, 2.75) is 70.4 Å². The number of nitrogens with zero attached hydrogens (tertiary/aromatic N) is 2. The highest BCUT2D eigenvalue weighted by molar-refractivity contribution is 7.81. The molecule has 2 heterocycles. The number of rotatable bonds is 7. The monoisotopic (exact) mass is 446 g/mol. The number of hydrogen-bond donors (Lipinski definition) is 0. The van der Waals surface area contributed by atoms with Crippen molar-refractivity contribution in [3.05, 3.63) is 34.9 Å². The summed E-state index contributed by atoms with van der Waals surface area (Å²) in [6.07, 6.45) is 8.85. The van der Waals surface area contributed by atoms with Crippen LogP contribution >= 0.6 is 0 Å². The lowest BCUT2D eigenvalue weighted by Crippen LogP contribution is -2.40. The molecule has 1 aliphatic carbocycles. The van der Waals surface area contributed by atoms with Gasteiger partial charge in [0.25, 0.3) is 0 Å². The van der Waals surface area contributed by atoms with Crippen molar-refractivity contribution >= 4 is 22.9 Å². The number of likely N-dealkylation sites (tertiary alicyclic amines) is 1. The Balaban J connectivity index is 1.19. The Morgan fingerprint density at radius 2 is 1.90 bits per heavy atom. The van der Waals surface area contributed by atoms with Gasteiger partial charge in [-0.05, 0) is 75.0 Å². The quantitative estimate of drug-likeness (QED) is 0.592. The molecule has 1 unspecified atom stereocenters. The smallest absolute Gasteiger partial charge is 0.410 e. The zero-order valence-electron chi connectivity index (χ0n) is 18.7. The number of carbonyl (C=O) groups excluding carboxylic acids is 2. The minimum atomic E-state index is -0.950. The fraction of sp³-hybridized carbons (Fsp3) is 0.667. The number of ether oxygens (including phenoxy) is 1. The molecule has 170 valence electrons. The van der Waals surface area contributed by atoms with Crippen LogP contribution in [0.25, 0.3) is 0 Å². The van der Waals surface area contributed by atoms with E-state index in [-0.39, 0.29) is 17.5 Å². The van der Waals surface area contributed by atoms with Gasteiger partial charge < -0.3 is 9.64 Å². The SMILES string of the molecule is CS(=O)N1CCc2cc(C(=O)CCCC3CCN(C(=O)OC4(C)CC4)CC3)ccc2C1. The molecular weight excluding hydrogens is 412 g/mol. The van der Waals surface area contributed by atoms with Crippen molar-refractivity contribution < 1.29 is 18.5 Å². The van der Waals surface area contributed by atoms with E-state index >= 15 is 0 Å². The molecule has 0 aromatic heterocycles. The van der Waals surface area contributed by atoms with Crippen molar-refractivity contribution in [3.63, 3.8) is 0 Å². The molecule has 0 bridgehead atoms. The van der Waals surface area contributed by atoms with E-state index in [0.717, 1.165) is 70.1 Å². The maximum absolute atomic E-state index is 12.7. The first-order valence-corrected chi connectivity index (χ1v) is 13.1. The Kier molecular flexibility index (Phi) is 6.82. The molecule has 1 atom stereocenters. The molecule has 2 aliphatic heterocycles. The van der Waals surface area contributed by atoms with Gasteiger partial charge in [0, 0.05) is 44.4 Å². The van der Waals surface area contributed by atoms with Crippen molar-refractivity contribution in [1.82, 2.24) is 9.21 Å². The molecule has 0 N–H and O–H groups in total. The third-order valence-corrected chi connectivity index (χ3v) is 8.08. The Bertz CT molecular complexity index is 859. The molecular formula is C24H34N2O4S. The van der Waals surface area contributed by atoms with E-state index in [1.54, 1.807) is 6.26 Å². The van der Waals surface area contributed by atoms with Crippen LogP contribution in [-0.4, -0.2) is 56.8 Å². The number of ketones is 1. The molecule has 2 fully saturated rings. The predicted molar refractivity (Wildman–Crippen MR) is 121 cm³/mol. The Morgan fingerprint density at radius 3 is 2.58 bits per heavy atom. The number of hydrogen-bond acceptors (Lipinski definition) is 4. The maximum Gasteiger partial charge on any atom is 0.410 e.